The van der Waals surface area contributed by atoms with E-state index in [0.717, 1.165) is 16.9 Å². The molecule has 0 amide bonds. The van der Waals surface area contributed by atoms with Crippen molar-refractivity contribution in [3.63, 3.8) is 0 Å². The lowest BCUT2D eigenvalue weighted by molar-refractivity contribution is 1.10. The summed E-state index contributed by atoms with van der Waals surface area (Å²) in [7, 11) is 0. The van der Waals surface area contributed by atoms with Crippen LogP contribution in [0.15, 0.2) is 36.5 Å². The van der Waals surface area contributed by atoms with Crippen molar-refractivity contribution in [1.29, 1.82) is 0 Å². The summed E-state index contributed by atoms with van der Waals surface area (Å²) in [6.45, 7) is 0.545. The van der Waals surface area contributed by atoms with Crippen molar-refractivity contribution in [1.82, 2.24) is 10.2 Å². The zero-order valence-electron chi connectivity index (χ0n) is 8.20. The molecule has 3 nitrogen and oxygen atoms in total. The SMILES string of the molecule is C#CCNc1ccc(-c2ccn[nH]2)cc1. The second kappa shape index (κ2) is 4.34. The van der Waals surface area contributed by atoms with E-state index in [1.807, 2.05) is 30.3 Å². The number of benzene rings is 1. The van der Waals surface area contributed by atoms with Gasteiger partial charge in [0.1, 0.15) is 0 Å². The van der Waals surface area contributed by atoms with Crippen LogP contribution in [-0.2, 0) is 0 Å². The predicted molar refractivity (Wildman–Crippen MR) is 61.3 cm³/mol. The highest BCUT2D eigenvalue weighted by Gasteiger charge is 1.97. The Bertz CT molecular complexity index is 449. The van der Waals surface area contributed by atoms with Crippen molar-refractivity contribution in [3.8, 4) is 23.6 Å². The number of nitrogens with zero attached hydrogens (tertiary/aromatic N) is 1. The molecule has 0 bridgehead atoms. The maximum absolute atomic E-state index is 5.16. The zero-order chi connectivity index (χ0) is 10.5. The van der Waals surface area contributed by atoms with E-state index in [4.69, 9.17) is 6.42 Å². The Morgan fingerprint density at radius 3 is 2.67 bits per heavy atom. The number of anilines is 1. The summed E-state index contributed by atoms with van der Waals surface area (Å²) in [4.78, 5) is 0. The molecule has 74 valence electrons. The Kier molecular flexibility index (Phi) is 2.70. The number of rotatable bonds is 3. The predicted octanol–water partition coefficient (Wildman–Crippen LogP) is 2.12. The summed E-state index contributed by atoms with van der Waals surface area (Å²) >= 11 is 0. The molecule has 0 atom stereocenters. The Balaban J connectivity index is 2.15. The molecule has 1 aromatic carbocycles. The molecule has 3 heteroatoms. The monoisotopic (exact) mass is 197 g/mol. The third-order valence-electron chi connectivity index (χ3n) is 2.09. The molecule has 0 saturated carbocycles. The standard InChI is InChI=1S/C12H11N3/c1-2-8-13-11-5-3-10(4-6-11)12-7-9-14-15-12/h1,3-7,9,13H,8H2,(H,14,15). The van der Waals surface area contributed by atoms with Crippen LogP contribution in [0.4, 0.5) is 5.69 Å². The van der Waals surface area contributed by atoms with E-state index in [1.165, 1.54) is 0 Å². The first-order valence-corrected chi connectivity index (χ1v) is 4.67. The van der Waals surface area contributed by atoms with E-state index in [1.54, 1.807) is 6.20 Å². The van der Waals surface area contributed by atoms with Crippen LogP contribution in [0.25, 0.3) is 11.3 Å². The number of aromatic nitrogens is 2. The van der Waals surface area contributed by atoms with Crippen LogP contribution < -0.4 is 5.32 Å². The highest BCUT2D eigenvalue weighted by Crippen LogP contribution is 2.18. The summed E-state index contributed by atoms with van der Waals surface area (Å²) in [5, 5.41) is 9.92. The van der Waals surface area contributed by atoms with E-state index in [2.05, 4.69) is 21.4 Å². The molecule has 0 fully saturated rings. The minimum Gasteiger partial charge on any atom is -0.374 e. The number of hydrogen-bond donors (Lipinski definition) is 2. The van der Waals surface area contributed by atoms with E-state index in [9.17, 15) is 0 Å². The van der Waals surface area contributed by atoms with Gasteiger partial charge in [-0.25, -0.2) is 0 Å². The van der Waals surface area contributed by atoms with Crippen molar-refractivity contribution in [2.24, 2.45) is 0 Å². The molecule has 0 unspecified atom stereocenters. The van der Waals surface area contributed by atoms with Gasteiger partial charge in [0.2, 0.25) is 0 Å². The molecule has 15 heavy (non-hydrogen) atoms. The molecule has 2 aromatic rings. The molecule has 0 saturated heterocycles. The molecule has 0 aliphatic carbocycles. The van der Waals surface area contributed by atoms with Gasteiger partial charge >= 0.3 is 0 Å². The molecule has 0 aliphatic rings. The van der Waals surface area contributed by atoms with E-state index < -0.39 is 0 Å². The molecule has 1 heterocycles. The lowest BCUT2D eigenvalue weighted by Gasteiger charge is -2.03. The number of aromatic amines is 1. The van der Waals surface area contributed by atoms with Crippen LogP contribution in [0.2, 0.25) is 0 Å². The average molecular weight is 197 g/mol. The van der Waals surface area contributed by atoms with Crippen molar-refractivity contribution < 1.29 is 0 Å². The van der Waals surface area contributed by atoms with Crippen molar-refractivity contribution in [2.45, 2.75) is 0 Å². The van der Waals surface area contributed by atoms with E-state index >= 15 is 0 Å². The van der Waals surface area contributed by atoms with Gasteiger partial charge in [-0.2, -0.15) is 5.10 Å². The summed E-state index contributed by atoms with van der Waals surface area (Å²) in [6.07, 6.45) is 6.89. The van der Waals surface area contributed by atoms with Gasteiger partial charge in [-0.05, 0) is 23.8 Å². The van der Waals surface area contributed by atoms with Crippen LogP contribution in [-0.4, -0.2) is 16.7 Å². The van der Waals surface area contributed by atoms with Crippen LogP contribution in [0, 0.1) is 12.3 Å². The van der Waals surface area contributed by atoms with Gasteiger partial charge in [-0.1, -0.05) is 18.1 Å². The first kappa shape index (κ1) is 9.35. The normalized spacial score (nSPS) is 9.53. The highest BCUT2D eigenvalue weighted by molar-refractivity contribution is 5.62. The fraction of sp³-hybridized carbons (Fsp3) is 0.0833. The molecule has 0 aliphatic heterocycles. The lowest BCUT2D eigenvalue weighted by Crippen LogP contribution is -1.97. The van der Waals surface area contributed by atoms with Crippen molar-refractivity contribution in [3.05, 3.63) is 36.5 Å². The number of terminal acetylenes is 1. The summed E-state index contributed by atoms with van der Waals surface area (Å²) in [6, 6.07) is 9.96. The second-order valence-corrected chi connectivity index (χ2v) is 3.11. The van der Waals surface area contributed by atoms with Gasteiger partial charge in [-0.15, -0.1) is 6.42 Å². The largest absolute Gasteiger partial charge is 0.374 e. The zero-order valence-corrected chi connectivity index (χ0v) is 8.20. The van der Waals surface area contributed by atoms with E-state index in [-0.39, 0.29) is 0 Å². The Morgan fingerprint density at radius 2 is 2.07 bits per heavy atom. The fourth-order valence-electron chi connectivity index (χ4n) is 1.34. The van der Waals surface area contributed by atoms with E-state index in [0.29, 0.717) is 6.54 Å². The smallest absolute Gasteiger partial charge is 0.0763 e. The third-order valence-corrected chi connectivity index (χ3v) is 2.09. The summed E-state index contributed by atoms with van der Waals surface area (Å²) in [5.74, 6) is 2.53. The molecule has 0 spiro atoms. The van der Waals surface area contributed by atoms with Gasteiger partial charge < -0.3 is 5.32 Å². The number of nitrogens with one attached hydrogen (secondary N) is 2. The van der Waals surface area contributed by atoms with Gasteiger partial charge in [0, 0.05) is 11.9 Å². The topological polar surface area (TPSA) is 40.7 Å². The minimum atomic E-state index is 0.545. The maximum Gasteiger partial charge on any atom is 0.0763 e. The quantitative estimate of drug-likeness (QED) is 0.740. The molecular formula is C12H11N3. The van der Waals surface area contributed by atoms with Gasteiger partial charge in [0.05, 0.1) is 12.2 Å². The number of hydrogen-bond acceptors (Lipinski definition) is 2. The van der Waals surface area contributed by atoms with Gasteiger partial charge in [0.25, 0.3) is 0 Å². The summed E-state index contributed by atoms with van der Waals surface area (Å²) < 4.78 is 0. The van der Waals surface area contributed by atoms with Crippen molar-refractivity contribution >= 4 is 5.69 Å². The Hall–Kier alpha value is -2.21. The van der Waals surface area contributed by atoms with Crippen LogP contribution in [0.3, 0.4) is 0 Å². The maximum atomic E-state index is 5.16. The average Bonchev–Trinajstić information content (AvgIpc) is 2.80. The van der Waals surface area contributed by atoms with Gasteiger partial charge in [0.15, 0.2) is 0 Å². The second-order valence-electron chi connectivity index (χ2n) is 3.11. The van der Waals surface area contributed by atoms with Gasteiger partial charge in [-0.3, -0.25) is 5.10 Å². The Morgan fingerprint density at radius 1 is 1.27 bits per heavy atom. The third kappa shape index (κ3) is 2.18. The van der Waals surface area contributed by atoms with Crippen LogP contribution in [0.5, 0.6) is 0 Å². The van der Waals surface area contributed by atoms with Crippen LogP contribution >= 0.6 is 0 Å². The molecule has 0 radical (unpaired) electrons. The molecule has 1 aromatic heterocycles. The first-order chi connectivity index (χ1) is 7.40. The minimum absolute atomic E-state index is 0.545. The highest BCUT2D eigenvalue weighted by atomic mass is 15.1. The molecule has 2 rings (SSSR count). The van der Waals surface area contributed by atoms with Crippen molar-refractivity contribution in [2.75, 3.05) is 11.9 Å². The Labute approximate surface area is 88.5 Å². The summed E-state index contributed by atoms with van der Waals surface area (Å²) in [5.41, 5.74) is 3.15. The molecular weight excluding hydrogens is 186 g/mol. The van der Waals surface area contributed by atoms with Crippen LogP contribution in [0.1, 0.15) is 0 Å². The molecule has 2 N–H and O–H groups in total. The number of H-pyrrole nitrogens is 1. The lowest BCUT2D eigenvalue weighted by atomic mass is 10.1. The fourth-order valence-corrected chi connectivity index (χ4v) is 1.34. The first-order valence-electron chi connectivity index (χ1n) is 4.67.